The van der Waals surface area contributed by atoms with Crippen LogP contribution in [-0.2, 0) is 5.41 Å². The zero-order valence-electron chi connectivity index (χ0n) is 10.8. The summed E-state index contributed by atoms with van der Waals surface area (Å²) in [5, 5.41) is 0.660. The van der Waals surface area contributed by atoms with Crippen LogP contribution < -0.4 is 0 Å². The van der Waals surface area contributed by atoms with Gasteiger partial charge in [0, 0.05) is 10.6 Å². The minimum absolute atomic E-state index is 0.100. The molecule has 0 aliphatic rings. The number of benzene rings is 2. The van der Waals surface area contributed by atoms with Crippen LogP contribution in [0.3, 0.4) is 0 Å². The van der Waals surface area contributed by atoms with Gasteiger partial charge >= 0.3 is 0 Å². The van der Waals surface area contributed by atoms with Gasteiger partial charge in [-0.1, -0.05) is 56.6 Å². The van der Waals surface area contributed by atoms with Gasteiger partial charge in [-0.05, 0) is 34.7 Å². The number of hydrogen-bond acceptors (Lipinski definition) is 0. The average molecular weight is 263 g/mol. The molecule has 0 saturated heterocycles. The van der Waals surface area contributed by atoms with E-state index in [0.29, 0.717) is 10.6 Å². The van der Waals surface area contributed by atoms with E-state index in [1.165, 1.54) is 6.07 Å². The Labute approximate surface area is 112 Å². The molecule has 18 heavy (non-hydrogen) atoms. The second kappa shape index (κ2) is 4.74. The Bertz CT molecular complexity index is 550. The van der Waals surface area contributed by atoms with E-state index in [4.69, 9.17) is 11.6 Å². The largest absolute Gasteiger partial charge is 0.206 e. The van der Waals surface area contributed by atoms with Crippen LogP contribution >= 0.6 is 11.6 Å². The fourth-order valence-electron chi connectivity index (χ4n) is 2.06. The van der Waals surface area contributed by atoms with Gasteiger partial charge in [-0.25, -0.2) is 4.39 Å². The van der Waals surface area contributed by atoms with E-state index in [1.54, 1.807) is 18.2 Å². The van der Waals surface area contributed by atoms with Gasteiger partial charge in [0.05, 0.1) is 0 Å². The van der Waals surface area contributed by atoms with Crippen LogP contribution in [0.15, 0.2) is 42.5 Å². The van der Waals surface area contributed by atoms with Crippen molar-refractivity contribution >= 4 is 11.6 Å². The van der Waals surface area contributed by atoms with Crippen LogP contribution in [0, 0.1) is 5.82 Å². The monoisotopic (exact) mass is 262 g/mol. The van der Waals surface area contributed by atoms with Crippen LogP contribution in [0.2, 0.25) is 5.02 Å². The summed E-state index contributed by atoms with van der Waals surface area (Å²) in [4.78, 5) is 0. The van der Waals surface area contributed by atoms with Gasteiger partial charge < -0.3 is 0 Å². The Morgan fingerprint density at radius 2 is 1.56 bits per heavy atom. The van der Waals surface area contributed by atoms with Crippen molar-refractivity contribution in [3.05, 3.63) is 58.9 Å². The van der Waals surface area contributed by atoms with Crippen LogP contribution in [0.4, 0.5) is 4.39 Å². The maximum Gasteiger partial charge on any atom is 0.131 e. The maximum atomic E-state index is 14.1. The molecule has 0 fully saturated rings. The molecule has 0 spiro atoms. The van der Waals surface area contributed by atoms with Crippen molar-refractivity contribution in [1.82, 2.24) is 0 Å². The van der Waals surface area contributed by atoms with E-state index in [9.17, 15) is 4.39 Å². The first kappa shape index (κ1) is 13.1. The third-order valence-electron chi connectivity index (χ3n) is 2.95. The van der Waals surface area contributed by atoms with E-state index < -0.39 is 0 Å². The summed E-state index contributed by atoms with van der Waals surface area (Å²) in [6, 6.07) is 12.5. The van der Waals surface area contributed by atoms with Crippen LogP contribution in [0.1, 0.15) is 26.3 Å². The molecule has 0 radical (unpaired) electrons. The van der Waals surface area contributed by atoms with Gasteiger partial charge in [-0.3, -0.25) is 0 Å². The Balaban J connectivity index is 2.66. The molecule has 2 rings (SSSR count). The van der Waals surface area contributed by atoms with Crippen molar-refractivity contribution in [3.8, 4) is 11.1 Å². The van der Waals surface area contributed by atoms with Crippen molar-refractivity contribution in [2.75, 3.05) is 0 Å². The van der Waals surface area contributed by atoms with E-state index in [1.807, 2.05) is 18.2 Å². The maximum absolute atomic E-state index is 14.1. The van der Waals surface area contributed by atoms with Gasteiger partial charge in [0.1, 0.15) is 5.82 Å². The lowest BCUT2D eigenvalue weighted by Crippen LogP contribution is -2.13. The molecule has 0 aliphatic heterocycles. The van der Waals surface area contributed by atoms with Gasteiger partial charge in [0.15, 0.2) is 0 Å². The highest BCUT2D eigenvalue weighted by molar-refractivity contribution is 6.30. The Hall–Kier alpha value is -1.34. The zero-order chi connectivity index (χ0) is 13.3. The van der Waals surface area contributed by atoms with Crippen molar-refractivity contribution in [1.29, 1.82) is 0 Å². The smallest absolute Gasteiger partial charge is 0.131 e. The number of halogens is 2. The van der Waals surface area contributed by atoms with E-state index in [-0.39, 0.29) is 11.2 Å². The Kier molecular flexibility index (Phi) is 3.45. The lowest BCUT2D eigenvalue weighted by molar-refractivity contribution is 0.576. The zero-order valence-corrected chi connectivity index (χ0v) is 11.6. The molecule has 0 saturated carbocycles. The highest BCUT2D eigenvalue weighted by Crippen LogP contribution is 2.35. The molecule has 2 heteroatoms. The molecular weight excluding hydrogens is 247 g/mol. The predicted octanol–water partition coefficient (Wildman–Crippen LogP) is 5.44. The average Bonchev–Trinajstić information content (AvgIpc) is 2.29. The second-order valence-corrected chi connectivity index (χ2v) is 5.86. The summed E-state index contributed by atoms with van der Waals surface area (Å²) >= 11 is 5.87. The standard InChI is InChI=1S/C16H16ClF/c1-16(2,3)13-5-4-6-14(18)15(13)11-7-9-12(17)10-8-11/h4-10H,1-3H3. The van der Waals surface area contributed by atoms with E-state index in [2.05, 4.69) is 20.8 Å². The molecule has 0 amide bonds. The van der Waals surface area contributed by atoms with Gasteiger partial charge in [-0.2, -0.15) is 0 Å². The highest BCUT2D eigenvalue weighted by atomic mass is 35.5. The van der Waals surface area contributed by atoms with Crippen LogP contribution in [-0.4, -0.2) is 0 Å². The molecule has 0 bridgehead atoms. The third-order valence-corrected chi connectivity index (χ3v) is 3.21. The Morgan fingerprint density at radius 3 is 2.11 bits per heavy atom. The van der Waals surface area contributed by atoms with E-state index >= 15 is 0 Å². The normalized spacial score (nSPS) is 11.6. The molecule has 0 N–H and O–H groups in total. The first-order valence-electron chi connectivity index (χ1n) is 5.94. The van der Waals surface area contributed by atoms with Gasteiger partial charge in [0.25, 0.3) is 0 Å². The highest BCUT2D eigenvalue weighted by Gasteiger charge is 2.21. The minimum Gasteiger partial charge on any atom is -0.206 e. The third kappa shape index (κ3) is 2.56. The second-order valence-electron chi connectivity index (χ2n) is 5.42. The van der Waals surface area contributed by atoms with Crippen molar-refractivity contribution < 1.29 is 4.39 Å². The summed E-state index contributed by atoms with van der Waals surface area (Å²) in [5.74, 6) is -0.190. The van der Waals surface area contributed by atoms with Gasteiger partial charge in [-0.15, -0.1) is 0 Å². The quantitative estimate of drug-likeness (QED) is 0.642. The Morgan fingerprint density at radius 1 is 0.944 bits per heavy atom. The first-order valence-corrected chi connectivity index (χ1v) is 6.32. The number of rotatable bonds is 1. The topological polar surface area (TPSA) is 0 Å². The summed E-state index contributed by atoms with van der Waals surface area (Å²) in [6.45, 7) is 6.25. The molecule has 94 valence electrons. The van der Waals surface area contributed by atoms with Crippen molar-refractivity contribution in [3.63, 3.8) is 0 Å². The summed E-state index contributed by atoms with van der Waals surface area (Å²) in [7, 11) is 0. The fourth-order valence-corrected chi connectivity index (χ4v) is 2.19. The van der Waals surface area contributed by atoms with Crippen molar-refractivity contribution in [2.45, 2.75) is 26.2 Å². The molecule has 0 unspecified atom stereocenters. The molecule has 2 aromatic rings. The van der Waals surface area contributed by atoms with Crippen LogP contribution in [0.25, 0.3) is 11.1 Å². The minimum atomic E-state index is -0.190. The predicted molar refractivity (Wildman–Crippen MR) is 75.5 cm³/mol. The molecule has 2 aromatic carbocycles. The first-order chi connectivity index (χ1) is 8.39. The summed E-state index contributed by atoms with van der Waals surface area (Å²) in [6.07, 6.45) is 0. The molecule has 0 heterocycles. The molecule has 0 nitrogen and oxygen atoms in total. The van der Waals surface area contributed by atoms with Crippen molar-refractivity contribution in [2.24, 2.45) is 0 Å². The molecule has 0 aromatic heterocycles. The molecular formula is C16H16ClF. The fraction of sp³-hybridized carbons (Fsp3) is 0.250. The summed E-state index contributed by atoms with van der Waals surface area (Å²) < 4.78 is 14.1. The number of hydrogen-bond donors (Lipinski definition) is 0. The molecule has 0 atom stereocenters. The SMILES string of the molecule is CC(C)(C)c1cccc(F)c1-c1ccc(Cl)cc1. The lowest BCUT2D eigenvalue weighted by atomic mass is 9.81. The lowest BCUT2D eigenvalue weighted by Gasteiger charge is -2.23. The summed E-state index contributed by atoms with van der Waals surface area (Å²) in [5.41, 5.74) is 2.44. The van der Waals surface area contributed by atoms with Gasteiger partial charge in [0.2, 0.25) is 0 Å². The van der Waals surface area contributed by atoms with E-state index in [0.717, 1.165) is 11.1 Å². The van der Waals surface area contributed by atoms with Crippen LogP contribution in [0.5, 0.6) is 0 Å². The molecule has 0 aliphatic carbocycles.